The Bertz CT molecular complexity index is 1630. The predicted octanol–water partition coefficient (Wildman–Crippen LogP) is 3.66. The second-order valence-electron chi connectivity index (χ2n) is 10.0. The van der Waals surface area contributed by atoms with E-state index in [9.17, 15) is 4.79 Å². The summed E-state index contributed by atoms with van der Waals surface area (Å²) in [5, 5.41) is 12.7. The number of nitrogens with one attached hydrogen (secondary N) is 3. The minimum atomic E-state index is 0.0638. The van der Waals surface area contributed by atoms with Gasteiger partial charge in [0.1, 0.15) is 5.69 Å². The number of hydrogen-bond donors (Lipinski definition) is 3. The second kappa shape index (κ2) is 8.67. The average Bonchev–Trinajstić information content (AvgIpc) is 3.55. The number of hydrogen-bond acceptors (Lipinski definition) is 7. The van der Waals surface area contributed by atoms with Crippen LogP contribution in [-0.2, 0) is 4.79 Å². The van der Waals surface area contributed by atoms with Crippen LogP contribution in [0.3, 0.4) is 0 Å². The highest BCUT2D eigenvalue weighted by atomic mass is 16.2. The van der Waals surface area contributed by atoms with E-state index in [1.165, 1.54) is 0 Å². The van der Waals surface area contributed by atoms with Gasteiger partial charge in [0, 0.05) is 66.4 Å². The van der Waals surface area contributed by atoms with E-state index in [1.807, 2.05) is 18.5 Å². The van der Waals surface area contributed by atoms with E-state index in [0.717, 1.165) is 83.5 Å². The second-order valence-corrected chi connectivity index (χ2v) is 10.0. The molecule has 5 aromatic rings. The van der Waals surface area contributed by atoms with Crippen molar-refractivity contribution in [3.63, 3.8) is 0 Å². The molecule has 10 heteroatoms. The first-order chi connectivity index (χ1) is 18.1. The van der Waals surface area contributed by atoms with Gasteiger partial charge < -0.3 is 20.1 Å². The van der Waals surface area contributed by atoms with Gasteiger partial charge in [-0.15, -0.1) is 0 Å². The largest absolute Gasteiger partial charge is 0.367 e. The zero-order valence-electron chi connectivity index (χ0n) is 20.5. The number of rotatable bonds is 5. The molecule has 1 amide bonds. The summed E-state index contributed by atoms with van der Waals surface area (Å²) in [6, 6.07) is 6.16. The third-order valence-corrected chi connectivity index (χ3v) is 7.33. The number of H-pyrrole nitrogens is 2. The Morgan fingerprint density at radius 3 is 2.59 bits per heavy atom. The van der Waals surface area contributed by atoms with Crippen molar-refractivity contribution in [1.82, 2.24) is 35.0 Å². The Balaban J connectivity index is 1.24. The van der Waals surface area contributed by atoms with Crippen molar-refractivity contribution >= 4 is 39.2 Å². The maximum atomic E-state index is 12.2. The van der Waals surface area contributed by atoms with Crippen molar-refractivity contribution in [3.8, 4) is 22.5 Å². The smallest absolute Gasteiger partial charge is 0.227 e. The molecule has 5 aromatic heterocycles. The number of nitrogens with zero attached hydrogens (tertiary/aromatic N) is 6. The quantitative estimate of drug-likeness (QED) is 0.342. The fourth-order valence-electron chi connectivity index (χ4n) is 4.99. The third kappa shape index (κ3) is 4.09. The fourth-order valence-corrected chi connectivity index (χ4v) is 4.99. The number of anilines is 2. The summed E-state index contributed by atoms with van der Waals surface area (Å²) in [4.78, 5) is 33.9. The minimum Gasteiger partial charge on any atom is -0.367 e. The van der Waals surface area contributed by atoms with E-state index in [0.29, 0.717) is 11.3 Å². The van der Waals surface area contributed by atoms with E-state index >= 15 is 0 Å². The van der Waals surface area contributed by atoms with E-state index in [-0.39, 0.29) is 11.8 Å². The van der Waals surface area contributed by atoms with Gasteiger partial charge in [-0.25, -0.2) is 4.98 Å². The Kier molecular flexibility index (Phi) is 5.14. The van der Waals surface area contributed by atoms with Gasteiger partial charge in [0.2, 0.25) is 5.91 Å². The summed E-state index contributed by atoms with van der Waals surface area (Å²) in [7, 11) is 2.16. The molecule has 6 heterocycles. The first-order valence-electron chi connectivity index (χ1n) is 12.6. The molecule has 37 heavy (non-hydrogen) atoms. The minimum absolute atomic E-state index is 0.0638. The molecule has 1 aliphatic carbocycles. The summed E-state index contributed by atoms with van der Waals surface area (Å²) < 4.78 is 0. The average molecular weight is 494 g/mol. The molecular formula is C27H27N9O. The van der Waals surface area contributed by atoms with Crippen molar-refractivity contribution in [3.05, 3.63) is 49.2 Å². The van der Waals surface area contributed by atoms with E-state index in [1.54, 1.807) is 18.6 Å². The first kappa shape index (κ1) is 21.9. The number of amides is 1. The topological polar surface area (TPSA) is 119 Å². The van der Waals surface area contributed by atoms with E-state index in [2.05, 4.69) is 64.4 Å². The maximum absolute atomic E-state index is 12.2. The molecule has 0 unspecified atom stereocenters. The fraction of sp³-hybridized carbons (Fsp3) is 0.296. The van der Waals surface area contributed by atoms with Crippen molar-refractivity contribution < 1.29 is 4.79 Å². The van der Waals surface area contributed by atoms with Gasteiger partial charge in [0.15, 0.2) is 5.65 Å². The molecule has 2 fully saturated rings. The van der Waals surface area contributed by atoms with Crippen LogP contribution in [0.2, 0.25) is 0 Å². The number of aromatic amines is 2. The maximum Gasteiger partial charge on any atom is 0.227 e. The standard InChI is InChI=1S/C27H27N9O/c1-35-4-6-36(7-5-35)24-15-29-14-23-20(24)10-22(32-23)25-21-9-18(12-30-26(21)34-33-25)17-8-19(13-28-11-17)31-27(37)16-2-3-16/h8-16,32H,2-7H2,1H3,(H,31,37)(H,30,33,34). The lowest BCUT2D eigenvalue weighted by Crippen LogP contribution is -2.44. The number of piperazine rings is 1. The SMILES string of the molecule is CN1CCN(c2cncc3[nH]c(-c4n[nH]c5ncc(-c6cncc(NC(=O)C7CC7)c6)cc45)cc23)CC1. The molecule has 0 radical (unpaired) electrons. The van der Waals surface area contributed by atoms with Crippen LogP contribution in [-0.4, -0.2) is 74.2 Å². The summed E-state index contributed by atoms with van der Waals surface area (Å²) >= 11 is 0. The molecule has 2 aliphatic rings. The van der Waals surface area contributed by atoms with Gasteiger partial charge >= 0.3 is 0 Å². The first-order valence-corrected chi connectivity index (χ1v) is 12.6. The lowest BCUT2D eigenvalue weighted by molar-refractivity contribution is -0.117. The lowest BCUT2D eigenvalue weighted by Gasteiger charge is -2.34. The van der Waals surface area contributed by atoms with Crippen molar-refractivity contribution in [1.29, 1.82) is 0 Å². The number of aromatic nitrogens is 6. The third-order valence-electron chi connectivity index (χ3n) is 7.33. The monoisotopic (exact) mass is 493 g/mol. The highest BCUT2D eigenvalue weighted by molar-refractivity contribution is 6.00. The number of pyridine rings is 3. The molecule has 0 atom stereocenters. The highest BCUT2D eigenvalue weighted by Crippen LogP contribution is 2.34. The van der Waals surface area contributed by atoms with Crippen LogP contribution in [0.5, 0.6) is 0 Å². The van der Waals surface area contributed by atoms with Crippen LogP contribution < -0.4 is 10.2 Å². The van der Waals surface area contributed by atoms with Crippen LogP contribution in [0.4, 0.5) is 11.4 Å². The van der Waals surface area contributed by atoms with Crippen LogP contribution in [0, 0.1) is 5.92 Å². The van der Waals surface area contributed by atoms with Gasteiger partial charge in [0.05, 0.1) is 41.2 Å². The van der Waals surface area contributed by atoms with Crippen molar-refractivity contribution in [2.24, 2.45) is 5.92 Å². The molecule has 1 saturated carbocycles. The summed E-state index contributed by atoms with van der Waals surface area (Å²) in [5.41, 5.74) is 7.03. The predicted molar refractivity (Wildman–Crippen MR) is 143 cm³/mol. The zero-order chi connectivity index (χ0) is 24.9. The van der Waals surface area contributed by atoms with Crippen molar-refractivity contribution in [2.75, 3.05) is 43.4 Å². The number of likely N-dealkylation sites (N-methyl/N-ethyl adjacent to an activating group) is 1. The molecule has 3 N–H and O–H groups in total. The Morgan fingerprint density at radius 1 is 0.946 bits per heavy atom. The Morgan fingerprint density at radius 2 is 1.76 bits per heavy atom. The summed E-state index contributed by atoms with van der Waals surface area (Å²) in [6.07, 6.45) is 11.0. The highest BCUT2D eigenvalue weighted by Gasteiger charge is 2.29. The molecule has 0 aromatic carbocycles. The summed E-state index contributed by atoms with van der Waals surface area (Å²) in [5.74, 6) is 0.201. The van der Waals surface area contributed by atoms with Crippen LogP contribution >= 0.6 is 0 Å². The van der Waals surface area contributed by atoms with Gasteiger partial charge in [-0.3, -0.25) is 19.9 Å². The number of fused-ring (bicyclic) bond motifs is 2. The van der Waals surface area contributed by atoms with Gasteiger partial charge in [0.25, 0.3) is 0 Å². The number of carbonyl (C=O) groups excluding carboxylic acids is 1. The molecule has 0 bridgehead atoms. The molecule has 1 aliphatic heterocycles. The Hall–Kier alpha value is -4.31. The van der Waals surface area contributed by atoms with Crippen LogP contribution in [0.15, 0.2) is 49.2 Å². The molecular weight excluding hydrogens is 466 g/mol. The van der Waals surface area contributed by atoms with Gasteiger partial charge in [-0.1, -0.05) is 0 Å². The van der Waals surface area contributed by atoms with E-state index in [4.69, 9.17) is 0 Å². The summed E-state index contributed by atoms with van der Waals surface area (Å²) in [6.45, 7) is 4.02. The van der Waals surface area contributed by atoms with Gasteiger partial charge in [-0.2, -0.15) is 5.10 Å². The molecule has 1 saturated heterocycles. The molecule has 0 spiro atoms. The number of carbonyl (C=O) groups is 1. The molecule has 7 rings (SSSR count). The molecule has 186 valence electrons. The Labute approximate surface area is 213 Å². The van der Waals surface area contributed by atoms with E-state index < -0.39 is 0 Å². The lowest BCUT2D eigenvalue weighted by atomic mass is 10.1. The van der Waals surface area contributed by atoms with Crippen LogP contribution in [0.1, 0.15) is 12.8 Å². The molecule has 10 nitrogen and oxygen atoms in total. The van der Waals surface area contributed by atoms with Crippen LogP contribution in [0.25, 0.3) is 44.5 Å². The normalized spacial score (nSPS) is 16.5. The van der Waals surface area contributed by atoms with Crippen molar-refractivity contribution in [2.45, 2.75) is 12.8 Å². The zero-order valence-corrected chi connectivity index (χ0v) is 20.5. The van der Waals surface area contributed by atoms with Gasteiger partial charge in [-0.05, 0) is 38.1 Å².